The van der Waals surface area contributed by atoms with Crippen molar-refractivity contribution >= 4 is 11.7 Å². The minimum atomic E-state index is -4.51. The molecule has 0 bridgehead atoms. The zero-order valence-corrected chi connectivity index (χ0v) is 14.9. The van der Waals surface area contributed by atoms with Gasteiger partial charge in [-0.3, -0.25) is 9.89 Å². The SMILES string of the molecule is Cc1c(C(=O)N2CC(N)=C(Nc3ccn[nH]3)CC2C)cccc1C(F)(F)F. The second-order valence-corrected chi connectivity index (χ2v) is 6.56. The van der Waals surface area contributed by atoms with E-state index in [2.05, 4.69) is 15.5 Å². The average Bonchev–Trinajstić information content (AvgIpc) is 3.09. The van der Waals surface area contributed by atoms with Crippen molar-refractivity contribution in [1.82, 2.24) is 15.1 Å². The summed E-state index contributed by atoms with van der Waals surface area (Å²) in [7, 11) is 0. The number of benzene rings is 1. The summed E-state index contributed by atoms with van der Waals surface area (Å²) in [6.45, 7) is 3.28. The molecule has 2 heterocycles. The molecule has 0 aliphatic carbocycles. The predicted molar refractivity (Wildman–Crippen MR) is 94.7 cm³/mol. The smallest absolute Gasteiger partial charge is 0.399 e. The molecule has 0 saturated carbocycles. The number of nitrogens with two attached hydrogens (primary N) is 1. The number of alkyl halides is 3. The van der Waals surface area contributed by atoms with Crippen LogP contribution in [0.1, 0.15) is 34.8 Å². The van der Waals surface area contributed by atoms with E-state index in [1.54, 1.807) is 12.3 Å². The highest BCUT2D eigenvalue weighted by Crippen LogP contribution is 2.34. The molecule has 1 aromatic carbocycles. The van der Waals surface area contributed by atoms with Gasteiger partial charge in [-0.1, -0.05) is 6.07 Å². The number of halogens is 3. The lowest BCUT2D eigenvalue weighted by Gasteiger charge is -2.35. The van der Waals surface area contributed by atoms with E-state index in [1.807, 2.05) is 6.92 Å². The summed E-state index contributed by atoms with van der Waals surface area (Å²) in [5.74, 6) is 0.211. The monoisotopic (exact) mass is 379 g/mol. The van der Waals surface area contributed by atoms with Crippen LogP contribution < -0.4 is 11.1 Å². The Morgan fingerprint density at radius 1 is 1.37 bits per heavy atom. The fourth-order valence-corrected chi connectivity index (χ4v) is 3.19. The van der Waals surface area contributed by atoms with Crippen LogP contribution in [0.25, 0.3) is 0 Å². The van der Waals surface area contributed by atoms with E-state index in [0.717, 1.165) is 11.8 Å². The highest BCUT2D eigenvalue weighted by atomic mass is 19.4. The fraction of sp³-hybridized carbons (Fsp3) is 0.333. The molecule has 3 rings (SSSR count). The highest BCUT2D eigenvalue weighted by molar-refractivity contribution is 5.96. The summed E-state index contributed by atoms with van der Waals surface area (Å²) in [6.07, 6.45) is -2.46. The topological polar surface area (TPSA) is 87.0 Å². The van der Waals surface area contributed by atoms with Crippen LogP contribution in [-0.2, 0) is 6.18 Å². The Balaban J connectivity index is 1.85. The Bertz CT molecular complexity index is 874. The quantitative estimate of drug-likeness (QED) is 0.764. The van der Waals surface area contributed by atoms with Gasteiger partial charge in [0.1, 0.15) is 5.82 Å². The largest absolute Gasteiger partial charge is 0.416 e. The summed E-state index contributed by atoms with van der Waals surface area (Å²) < 4.78 is 39.4. The number of aromatic nitrogens is 2. The molecule has 0 radical (unpaired) electrons. The molecular formula is C18H20F3N5O. The Labute approximate surface area is 154 Å². The van der Waals surface area contributed by atoms with E-state index in [1.165, 1.54) is 24.0 Å². The average molecular weight is 379 g/mol. The fourth-order valence-electron chi connectivity index (χ4n) is 3.19. The first kappa shape index (κ1) is 18.8. The van der Waals surface area contributed by atoms with Gasteiger partial charge in [0.15, 0.2) is 0 Å². The van der Waals surface area contributed by atoms with Crippen molar-refractivity contribution in [3.8, 4) is 0 Å². The predicted octanol–water partition coefficient (Wildman–Crippen LogP) is 3.25. The van der Waals surface area contributed by atoms with Crippen LogP contribution in [0.5, 0.6) is 0 Å². The first-order valence-electron chi connectivity index (χ1n) is 8.40. The number of aromatic amines is 1. The van der Waals surface area contributed by atoms with E-state index in [4.69, 9.17) is 5.73 Å². The molecule has 6 nitrogen and oxygen atoms in total. The van der Waals surface area contributed by atoms with E-state index in [-0.39, 0.29) is 23.7 Å². The molecule has 1 aliphatic heterocycles. The zero-order chi connectivity index (χ0) is 19.8. The second-order valence-electron chi connectivity index (χ2n) is 6.56. The molecule has 0 spiro atoms. The van der Waals surface area contributed by atoms with Crippen molar-refractivity contribution in [1.29, 1.82) is 0 Å². The number of carbonyl (C=O) groups excluding carboxylic acids is 1. The first-order valence-corrected chi connectivity index (χ1v) is 8.40. The van der Waals surface area contributed by atoms with Crippen molar-refractivity contribution in [2.75, 3.05) is 11.9 Å². The molecule has 1 amide bonds. The molecule has 0 saturated heterocycles. The van der Waals surface area contributed by atoms with Crippen molar-refractivity contribution in [3.63, 3.8) is 0 Å². The van der Waals surface area contributed by atoms with Crippen LogP contribution in [0.15, 0.2) is 41.9 Å². The van der Waals surface area contributed by atoms with Crippen LogP contribution >= 0.6 is 0 Å². The van der Waals surface area contributed by atoms with Gasteiger partial charge >= 0.3 is 6.18 Å². The van der Waals surface area contributed by atoms with E-state index < -0.39 is 17.6 Å². The minimum absolute atomic E-state index is 0.0365. The lowest BCUT2D eigenvalue weighted by molar-refractivity contribution is -0.138. The van der Waals surface area contributed by atoms with Gasteiger partial charge in [0.25, 0.3) is 5.91 Å². The molecule has 0 fully saturated rings. The van der Waals surface area contributed by atoms with Gasteiger partial charge in [-0.15, -0.1) is 0 Å². The molecule has 1 aliphatic rings. The van der Waals surface area contributed by atoms with Gasteiger partial charge in [0.05, 0.1) is 18.3 Å². The van der Waals surface area contributed by atoms with Crippen molar-refractivity contribution in [2.24, 2.45) is 5.73 Å². The van der Waals surface area contributed by atoms with Gasteiger partial charge in [0.2, 0.25) is 0 Å². The van der Waals surface area contributed by atoms with Gasteiger partial charge in [-0.2, -0.15) is 18.3 Å². The maximum atomic E-state index is 13.1. The normalized spacial score (nSPS) is 18.0. The third-order valence-corrected chi connectivity index (χ3v) is 4.68. The molecule has 27 heavy (non-hydrogen) atoms. The van der Waals surface area contributed by atoms with Gasteiger partial charge in [-0.25, -0.2) is 0 Å². The summed E-state index contributed by atoms with van der Waals surface area (Å²) in [4.78, 5) is 14.4. The molecular weight excluding hydrogens is 359 g/mol. The summed E-state index contributed by atoms with van der Waals surface area (Å²) in [5, 5.41) is 9.75. The maximum absolute atomic E-state index is 13.1. The molecule has 9 heteroatoms. The standard InChI is InChI=1S/C18H20F3N5O/c1-10-8-15(24-16-6-7-23-25-16)14(22)9-26(10)17(27)12-4-3-5-13(11(12)2)18(19,20)21/h3-7,10H,8-9,22H2,1-2H3,(H2,23,24,25). The van der Waals surface area contributed by atoms with E-state index in [0.29, 0.717) is 17.9 Å². The lowest BCUT2D eigenvalue weighted by atomic mass is 9.98. The lowest BCUT2D eigenvalue weighted by Crippen LogP contribution is -2.45. The Morgan fingerprint density at radius 2 is 2.11 bits per heavy atom. The van der Waals surface area contributed by atoms with Gasteiger partial charge < -0.3 is 16.0 Å². The van der Waals surface area contributed by atoms with E-state index in [9.17, 15) is 18.0 Å². The van der Waals surface area contributed by atoms with Crippen LogP contribution in [0, 0.1) is 6.92 Å². The van der Waals surface area contributed by atoms with Crippen molar-refractivity contribution in [2.45, 2.75) is 32.5 Å². The summed E-state index contributed by atoms with van der Waals surface area (Å²) >= 11 is 0. The third kappa shape index (κ3) is 3.76. The number of hydrogen-bond donors (Lipinski definition) is 3. The second kappa shape index (κ2) is 6.98. The molecule has 1 atom stereocenters. The maximum Gasteiger partial charge on any atom is 0.416 e. The zero-order valence-electron chi connectivity index (χ0n) is 14.9. The Morgan fingerprint density at radius 3 is 2.74 bits per heavy atom. The van der Waals surface area contributed by atoms with Crippen LogP contribution in [-0.4, -0.2) is 33.6 Å². The van der Waals surface area contributed by atoms with Crippen LogP contribution in [0.3, 0.4) is 0 Å². The van der Waals surface area contributed by atoms with Gasteiger partial charge in [-0.05, 0) is 31.5 Å². The Hall–Kier alpha value is -2.97. The Kier molecular flexibility index (Phi) is 4.86. The molecule has 1 unspecified atom stereocenters. The molecule has 4 N–H and O–H groups in total. The van der Waals surface area contributed by atoms with Crippen molar-refractivity contribution in [3.05, 3.63) is 58.5 Å². The summed E-state index contributed by atoms with van der Waals surface area (Å²) in [6, 6.07) is 5.16. The number of H-pyrrole nitrogens is 1. The number of amides is 1. The molecule has 1 aromatic heterocycles. The van der Waals surface area contributed by atoms with Crippen LogP contribution in [0.4, 0.5) is 19.0 Å². The summed E-state index contributed by atoms with van der Waals surface area (Å²) in [5.41, 5.74) is 6.49. The molecule has 2 aromatic rings. The number of anilines is 1. The minimum Gasteiger partial charge on any atom is -0.399 e. The van der Waals surface area contributed by atoms with Gasteiger partial charge in [0, 0.05) is 35.5 Å². The molecule has 144 valence electrons. The third-order valence-electron chi connectivity index (χ3n) is 4.68. The van der Waals surface area contributed by atoms with E-state index >= 15 is 0 Å². The first-order chi connectivity index (χ1) is 12.7. The van der Waals surface area contributed by atoms with Crippen molar-refractivity contribution < 1.29 is 18.0 Å². The highest BCUT2D eigenvalue weighted by Gasteiger charge is 2.35. The van der Waals surface area contributed by atoms with Crippen LogP contribution in [0.2, 0.25) is 0 Å². The number of rotatable bonds is 3. The number of nitrogens with zero attached hydrogens (tertiary/aromatic N) is 2. The number of hydrogen-bond acceptors (Lipinski definition) is 4. The number of carbonyl (C=O) groups is 1. The number of nitrogens with one attached hydrogen (secondary N) is 2.